The topological polar surface area (TPSA) is 41.1 Å². The lowest BCUT2D eigenvalue weighted by Gasteiger charge is -2.22. The number of nitrogens with one attached hydrogen (secondary N) is 1. The van der Waals surface area contributed by atoms with Gasteiger partial charge in [0.15, 0.2) is 11.6 Å². The first-order valence-corrected chi connectivity index (χ1v) is 5.89. The molecule has 0 fully saturated rings. The van der Waals surface area contributed by atoms with E-state index in [9.17, 15) is 8.78 Å². The Bertz CT molecular complexity index is 557. The molecule has 0 unspecified atom stereocenters. The predicted molar refractivity (Wildman–Crippen MR) is 70.6 cm³/mol. The second-order valence-electron chi connectivity index (χ2n) is 3.84. The van der Waals surface area contributed by atoms with E-state index in [-0.39, 0.29) is 11.6 Å². The van der Waals surface area contributed by atoms with Gasteiger partial charge in [-0.1, -0.05) is 0 Å². The molecule has 0 spiro atoms. The molecule has 0 amide bonds. The Morgan fingerprint density at radius 2 is 1.89 bits per heavy atom. The summed E-state index contributed by atoms with van der Waals surface area (Å²) in [6, 6.07) is 5.82. The van der Waals surface area contributed by atoms with Crippen molar-refractivity contribution in [3.63, 3.8) is 0 Å². The quantitative estimate of drug-likeness (QED) is 0.921. The Kier molecular flexibility index (Phi) is 3.89. The van der Waals surface area contributed by atoms with Gasteiger partial charge < -0.3 is 10.2 Å². The summed E-state index contributed by atoms with van der Waals surface area (Å²) < 4.78 is 26.8. The predicted octanol–water partition coefficient (Wildman–Crippen LogP) is 2.95. The molecule has 0 bridgehead atoms. The van der Waals surface area contributed by atoms with Crippen LogP contribution in [0.5, 0.6) is 0 Å². The number of hydrogen-bond donors (Lipinski definition) is 1. The fraction of sp³-hybridized carbons (Fsp3) is 0.231. The van der Waals surface area contributed by atoms with Crippen molar-refractivity contribution in [2.24, 2.45) is 0 Å². The van der Waals surface area contributed by atoms with E-state index < -0.39 is 5.82 Å². The molecule has 0 radical (unpaired) electrons. The van der Waals surface area contributed by atoms with E-state index in [1.165, 1.54) is 12.1 Å². The first-order chi connectivity index (χ1) is 9.15. The summed E-state index contributed by atoms with van der Waals surface area (Å²) in [7, 11) is 1.66. The van der Waals surface area contributed by atoms with Crippen molar-refractivity contribution in [1.82, 2.24) is 9.97 Å². The fourth-order valence-electron chi connectivity index (χ4n) is 1.74. The van der Waals surface area contributed by atoms with Crippen LogP contribution in [0.15, 0.2) is 30.5 Å². The van der Waals surface area contributed by atoms with Gasteiger partial charge in [0, 0.05) is 19.3 Å². The normalized spacial score (nSPS) is 10.3. The van der Waals surface area contributed by atoms with E-state index >= 15 is 0 Å². The van der Waals surface area contributed by atoms with Gasteiger partial charge in [-0.05, 0) is 31.2 Å². The van der Waals surface area contributed by atoms with Gasteiger partial charge >= 0.3 is 0 Å². The molecule has 0 aliphatic heterocycles. The van der Waals surface area contributed by atoms with Crippen molar-refractivity contribution in [3.05, 3.63) is 42.1 Å². The van der Waals surface area contributed by atoms with E-state index in [1.54, 1.807) is 24.1 Å². The van der Waals surface area contributed by atoms with Crippen LogP contribution in [0.4, 0.5) is 26.2 Å². The Morgan fingerprint density at radius 3 is 2.47 bits per heavy atom. The molecule has 0 saturated carbocycles. The second-order valence-corrected chi connectivity index (χ2v) is 3.84. The summed E-state index contributed by atoms with van der Waals surface area (Å²) in [6.07, 6.45) is 1.11. The number of rotatable bonds is 4. The minimum atomic E-state index is -0.523. The van der Waals surface area contributed by atoms with Crippen molar-refractivity contribution < 1.29 is 8.78 Å². The van der Waals surface area contributed by atoms with Gasteiger partial charge in [0.05, 0.1) is 6.20 Å². The second kappa shape index (κ2) is 5.60. The third-order valence-corrected chi connectivity index (χ3v) is 2.66. The smallest absolute Gasteiger partial charge is 0.224 e. The van der Waals surface area contributed by atoms with Crippen molar-refractivity contribution in [2.75, 3.05) is 23.8 Å². The summed E-state index contributed by atoms with van der Waals surface area (Å²) >= 11 is 0. The standard InChI is InChI=1S/C13H14F2N4/c1-3-19(10-6-4-9(14)5-7-10)12-11(15)8-17-13(16-2)18-12/h4-8H,3H2,1-2H3,(H,16,17,18). The van der Waals surface area contributed by atoms with Crippen LogP contribution in [0.2, 0.25) is 0 Å². The van der Waals surface area contributed by atoms with Crippen LogP contribution >= 0.6 is 0 Å². The maximum Gasteiger partial charge on any atom is 0.224 e. The first kappa shape index (κ1) is 13.2. The molecule has 2 aromatic rings. The Labute approximate surface area is 110 Å². The zero-order valence-electron chi connectivity index (χ0n) is 10.7. The summed E-state index contributed by atoms with van der Waals surface area (Å²) in [5.41, 5.74) is 0.670. The third kappa shape index (κ3) is 2.78. The van der Waals surface area contributed by atoms with Crippen LogP contribution in [0.3, 0.4) is 0 Å². The zero-order chi connectivity index (χ0) is 13.8. The van der Waals surface area contributed by atoms with Crippen LogP contribution in [-0.4, -0.2) is 23.6 Å². The molecule has 0 atom stereocenters. The number of benzene rings is 1. The Hall–Kier alpha value is -2.24. The van der Waals surface area contributed by atoms with Gasteiger partial charge in [-0.25, -0.2) is 13.8 Å². The SMILES string of the molecule is CCN(c1ccc(F)cc1)c1nc(NC)ncc1F. The minimum Gasteiger partial charge on any atom is -0.357 e. The van der Waals surface area contributed by atoms with Crippen LogP contribution < -0.4 is 10.2 Å². The molecule has 1 aromatic heterocycles. The highest BCUT2D eigenvalue weighted by Crippen LogP contribution is 2.26. The highest BCUT2D eigenvalue weighted by molar-refractivity contribution is 5.60. The molecule has 0 saturated heterocycles. The lowest BCUT2D eigenvalue weighted by atomic mass is 10.2. The molecular formula is C13H14F2N4. The van der Waals surface area contributed by atoms with Gasteiger partial charge in [0.2, 0.25) is 5.95 Å². The van der Waals surface area contributed by atoms with Crippen LogP contribution in [0.25, 0.3) is 0 Å². The number of halogens is 2. The Balaban J connectivity index is 2.44. The highest BCUT2D eigenvalue weighted by Gasteiger charge is 2.15. The summed E-state index contributed by atoms with van der Waals surface area (Å²) in [5.74, 6) is -0.366. The average Bonchev–Trinajstić information content (AvgIpc) is 2.43. The van der Waals surface area contributed by atoms with Crippen LogP contribution in [-0.2, 0) is 0 Å². The van der Waals surface area contributed by atoms with Crippen LogP contribution in [0, 0.1) is 11.6 Å². The maximum absolute atomic E-state index is 13.8. The van der Waals surface area contributed by atoms with Crippen molar-refractivity contribution in [2.45, 2.75) is 6.92 Å². The fourth-order valence-corrected chi connectivity index (χ4v) is 1.74. The number of hydrogen-bond acceptors (Lipinski definition) is 4. The molecule has 2 rings (SSSR count). The highest BCUT2D eigenvalue weighted by atomic mass is 19.1. The van der Waals surface area contributed by atoms with E-state index in [0.29, 0.717) is 18.2 Å². The summed E-state index contributed by atoms with van der Waals surface area (Å²) in [4.78, 5) is 9.54. The molecule has 0 aliphatic rings. The maximum atomic E-state index is 13.8. The lowest BCUT2D eigenvalue weighted by molar-refractivity contribution is 0.611. The molecule has 19 heavy (non-hydrogen) atoms. The van der Waals surface area contributed by atoms with Crippen molar-refractivity contribution in [3.8, 4) is 0 Å². The minimum absolute atomic E-state index is 0.161. The molecular weight excluding hydrogens is 250 g/mol. The lowest BCUT2D eigenvalue weighted by Crippen LogP contribution is -2.19. The van der Waals surface area contributed by atoms with Crippen molar-refractivity contribution in [1.29, 1.82) is 0 Å². The van der Waals surface area contributed by atoms with E-state index in [0.717, 1.165) is 6.20 Å². The zero-order valence-corrected chi connectivity index (χ0v) is 10.7. The van der Waals surface area contributed by atoms with Gasteiger partial charge in [-0.2, -0.15) is 4.98 Å². The Morgan fingerprint density at radius 1 is 1.21 bits per heavy atom. The van der Waals surface area contributed by atoms with Gasteiger partial charge in [-0.15, -0.1) is 0 Å². The van der Waals surface area contributed by atoms with Gasteiger partial charge in [-0.3, -0.25) is 0 Å². The molecule has 4 nitrogen and oxygen atoms in total. The van der Waals surface area contributed by atoms with Gasteiger partial charge in [0.1, 0.15) is 5.82 Å². The monoisotopic (exact) mass is 264 g/mol. The molecule has 100 valence electrons. The molecule has 1 N–H and O–H groups in total. The molecule has 1 heterocycles. The summed E-state index contributed by atoms with van der Waals surface area (Å²) in [5, 5.41) is 2.76. The van der Waals surface area contributed by atoms with E-state index in [2.05, 4.69) is 15.3 Å². The molecule has 1 aromatic carbocycles. The number of anilines is 3. The van der Waals surface area contributed by atoms with Crippen LogP contribution in [0.1, 0.15) is 6.92 Å². The van der Waals surface area contributed by atoms with E-state index in [4.69, 9.17) is 0 Å². The third-order valence-electron chi connectivity index (χ3n) is 2.66. The molecule has 6 heteroatoms. The van der Waals surface area contributed by atoms with Gasteiger partial charge in [0.25, 0.3) is 0 Å². The average molecular weight is 264 g/mol. The largest absolute Gasteiger partial charge is 0.357 e. The van der Waals surface area contributed by atoms with Crippen molar-refractivity contribution >= 4 is 17.5 Å². The molecule has 0 aliphatic carbocycles. The number of aromatic nitrogens is 2. The number of nitrogens with zero attached hydrogens (tertiary/aromatic N) is 3. The first-order valence-electron chi connectivity index (χ1n) is 5.89. The van der Waals surface area contributed by atoms with E-state index in [1.807, 2.05) is 6.92 Å². The summed E-state index contributed by atoms with van der Waals surface area (Å²) in [6.45, 7) is 2.37.